The van der Waals surface area contributed by atoms with Crippen LogP contribution in [0.25, 0.3) is 22.6 Å². The van der Waals surface area contributed by atoms with E-state index in [-0.39, 0.29) is 90.4 Å². The van der Waals surface area contributed by atoms with E-state index in [2.05, 4.69) is 84.7 Å². The van der Waals surface area contributed by atoms with Crippen LogP contribution in [0.15, 0.2) is 42.6 Å². The Kier molecular flexibility index (Phi) is 17.2. The minimum absolute atomic E-state index is 0.0133. The van der Waals surface area contributed by atoms with Gasteiger partial charge in [-0.15, -0.1) is 10.2 Å². The molecule has 7 amide bonds. The molecule has 0 spiro atoms. The maximum atomic E-state index is 13.5. The Morgan fingerprint density at radius 1 is 0.932 bits per heavy atom. The van der Waals surface area contributed by atoms with Crippen LogP contribution in [0.5, 0.6) is 0 Å². The normalized spacial score (nSPS) is 15.4. The number of imide groups is 1. The summed E-state index contributed by atoms with van der Waals surface area (Å²) < 4.78 is 0. The number of likely N-dealkylation sites (tertiary alicyclic amines) is 1. The Bertz CT molecular complexity index is 2900. The molecule has 5 heterocycles. The van der Waals surface area contributed by atoms with Crippen molar-refractivity contribution in [1.82, 2.24) is 66.7 Å². The first-order chi connectivity index (χ1) is 35.0. The summed E-state index contributed by atoms with van der Waals surface area (Å²) in [6, 6.07) is 6.99. The average Bonchev–Trinajstić information content (AvgIpc) is 4.10. The molecule has 2 aromatic carbocycles. The SMILES string of the molecule is CC(C)[C@H](NC(=O)CCCCCN1C(=O)CC(S)C1=O)C(=O)N[C@@H](C)C(=O)Nc1ccc(C(=O)NCCC[C@@H](C=O)NC(=O)c2ccc3c(c2)CCN3Cc2cnc3nc(N)nc(N)c3n2)c(-c2nn[nH]n2)c1. The quantitative estimate of drug-likeness (QED) is 0.0191. The van der Waals surface area contributed by atoms with Gasteiger partial charge in [-0.2, -0.15) is 27.8 Å². The molecule has 7 rings (SSSR count). The number of hydrogen-bond acceptors (Lipinski definition) is 19. The number of anilines is 4. The second-order valence-corrected chi connectivity index (χ2v) is 18.7. The van der Waals surface area contributed by atoms with Gasteiger partial charge in [-0.05, 0) is 92.1 Å². The van der Waals surface area contributed by atoms with Gasteiger partial charge >= 0.3 is 0 Å². The molecule has 25 nitrogen and oxygen atoms in total. The minimum Gasteiger partial charge on any atom is -0.382 e. The number of rotatable bonds is 23. The fourth-order valence-electron chi connectivity index (χ4n) is 8.39. The summed E-state index contributed by atoms with van der Waals surface area (Å²) in [6.45, 7) is 6.53. The number of fused-ring (bicyclic) bond motifs is 2. The number of aromatic nitrogens is 8. The van der Waals surface area contributed by atoms with E-state index in [9.17, 15) is 38.4 Å². The molecule has 73 heavy (non-hydrogen) atoms. The number of hydrogen-bond donors (Lipinski definition) is 9. The van der Waals surface area contributed by atoms with Gasteiger partial charge in [0.1, 0.15) is 18.4 Å². The van der Waals surface area contributed by atoms with Gasteiger partial charge in [0.25, 0.3) is 11.8 Å². The zero-order chi connectivity index (χ0) is 52.3. The summed E-state index contributed by atoms with van der Waals surface area (Å²) in [7, 11) is 0. The zero-order valence-corrected chi connectivity index (χ0v) is 41.3. The Hall–Kier alpha value is -8.16. The van der Waals surface area contributed by atoms with Gasteiger partial charge in [-0.25, -0.2) is 9.97 Å². The summed E-state index contributed by atoms with van der Waals surface area (Å²) >= 11 is 4.13. The van der Waals surface area contributed by atoms with Gasteiger partial charge in [0.15, 0.2) is 17.0 Å². The molecule has 4 atom stereocenters. The van der Waals surface area contributed by atoms with E-state index in [4.69, 9.17) is 11.5 Å². The molecule has 1 unspecified atom stereocenters. The Balaban J connectivity index is 0.859. The van der Waals surface area contributed by atoms with Crippen LogP contribution < -0.4 is 43.0 Å². The van der Waals surface area contributed by atoms with Crippen molar-refractivity contribution in [2.75, 3.05) is 41.3 Å². The van der Waals surface area contributed by atoms with E-state index >= 15 is 0 Å². The molecule has 0 bridgehead atoms. The molecule has 0 saturated carbocycles. The smallest absolute Gasteiger partial charge is 0.252 e. The fraction of sp³-hybridized carbons (Fsp3) is 0.426. The van der Waals surface area contributed by atoms with E-state index in [0.717, 1.165) is 11.3 Å². The predicted molar refractivity (Wildman–Crippen MR) is 269 cm³/mol. The van der Waals surface area contributed by atoms with Crippen LogP contribution in [0.4, 0.5) is 23.1 Å². The summed E-state index contributed by atoms with van der Waals surface area (Å²) in [5.41, 5.74) is 15.9. The third-order valence-corrected chi connectivity index (χ3v) is 12.7. The number of nitrogen functional groups attached to an aromatic ring is 2. The second-order valence-electron chi connectivity index (χ2n) is 18.0. The van der Waals surface area contributed by atoms with Crippen molar-refractivity contribution in [3.05, 3.63) is 65.0 Å². The van der Waals surface area contributed by atoms with Crippen LogP contribution in [0.2, 0.25) is 0 Å². The molecule has 1 saturated heterocycles. The Labute approximate surface area is 424 Å². The number of carbonyl (C=O) groups is 8. The number of amides is 7. The first-order valence-corrected chi connectivity index (χ1v) is 24.3. The highest BCUT2D eigenvalue weighted by molar-refractivity contribution is 7.81. The maximum Gasteiger partial charge on any atom is 0.252 e. The lowest BCUT2D eigenvalue weighted by Crippen LogP contribution is -2.53. The lowest BCUT2D eigenvalue weighted by Gasteiger charge is -2.24. The van der Waals surface area contributed by atoms with Gasteiger partial charge in [0.2, 0.25) is 41.3 Å². The van der Waals surface area contributed by atoms with Crippen LogP contribution in [0.1, 0.15) is 97.7 Å². The number of nitrogens with zero attached hydrogens (tertiary/aromatic N) is 9. The summed E-state index contributed by atoms with van der Waals surface area (Å²) in [4.78, 5) is 123. The van der Waals surface area contributed by atoms with Crippen molar-refractivity contribution in [3.63, 3.8) is 0 Å². The largest absolute Gasteiger partial charge is 0.382 e. The number of thiol groups is 1. The van der Waals surface area contributed by atoms with Crippen molar-refractivity contribution in [1.29, 1.82) is 0 Å². The molecule has 5 aromatic rings. The van der Waals surface area contributed by atoms with Crippen molar-refractivity contribution >= 4 is 94.6 Å². The third-order valence-electron chi connectivity index (χ3n) is 12.3. The topological polar surface area (TPSA) is 361 Å². The predicted octanol–water partition coefficient (Wildman–Crippen LogP) is 1.04. The van der Waals surface area contributed by atoms with Gasteiger partial charge in [-0.3, -0.25) is 38.5 Å². The summed E-state index contributed by atoms with van der Waals surface area (Å²) in [5.74, 6) is -3.08. The number of nitrogens with one attached hydrogen (secondary N) is 6. The van der Waals surface area contributed by atoms with Crippen LogP contribution in [0.3, 0.4) is 0 Å². The highest BCUT2D eigenvalue weighted by Gasteiger charge is 2.36. The van der Waals surface area contributed by atoms with E-state index in [0.29, 0.717) is 73.9 Å². The molecule has 1 fully saturated rings. The lowest BCUT2D eigenvalue weighted by molar-refractivity contribution is -0.138. The van der Waals surface area contributed by atoms with Crippen LogP contribution in [-0.2, 0) is 41.7 Å². The summed E-state index contributed by atoms with van der Waals surface area (Å²) in [6.07, 6.45) is 5.31. The molecule has 2 aliphatic rings. The first-order valence-electron chi connectivity index (χ1n) is 23.8. The molecule has 3 aromatic heterocycles. The molecule has 26 heteroatoms. The monoisotopic (exact) mass is 1020 g/mol. The number of unbranched alkanes of at least 4 members (excludes halogenated alkanes) is 2. The van der Waals surface area contributed by atoms with Crippen LogP contribution >= 0.6 is 12.6 Å². The van der Waals surface area contributed by atoms with Crippen LogP contribution in [0, 0.1) is 5.92 Å². The molecular formula is C47H57N17O8S. The zero-order valence-electron chi connectivity index (χ0n) is 40.4. The van der Waals surface area contributed by atoms with Gasteiger partial charge < -0.3 is 47.7 Å². The number of aldehydes is 1. The summed E-state index contributed by atoms with van der Waals surface area (Å²) in [5, 5.41) is 27.1. The number of nitrogens with two attached hydrogens (primary N) is 2. The Morgan fingerprint density at radius 3 is 2.47 bits per heavy atom. The van der Waals surface area contributed by atoms with Crippen molar-refractivity contribution in [2.45, 2.75) is 102 Å². The number of aromatic amines is 1. The second kappa shape index (κ2) is 23.8. The van der Waals surface area contributed by atoms with E-state index in [1.807, 2.05) is 6.07 Å². The van der Waals surface area contributed by atoms with Crippen molar-refractivity contribution in [2.24, 2.45) is 5.92 Å². The Morgan fingerprint density at radius 2 is 1.74 bits per heavy atom. The minimum atomic E-state index is -1.04. The van der Waals surface area contributed by atoms with Gasteiger partial charge in [0.05, 0.1) is 35.3 Å². The number of H-pyrrole nitrogens is 1. The van der Waals surface area contributed by atoms with Crippen molar-refractivity contribution in [3.8, 4) is 11.4 Å². The molecule has 384 valence electrons. The molecule has 10 N–H and O–H groups in total. The molecular weight excluding hydrogens is 963 g/mol. The van der Waals surface area contributed by atoms with E-state index < -0.39 is 47.0 Å². The maximum absolute atomic E-state index is 13.5. The van der Waals surface area contributed by atoms with Crippen molar-refractivity contribution < 1.29 is 38.4 Å². The molecule has 0 aliphatic carbocycles. The third kappa shape index (κ3) is 13.2. The molecule has 0 radical (unpaired) electrons. The van der Waals surface area contributed by atoms with Gasteiger partial charge in [-0.1, -0.05) is 20.3 Å². The fourth-order valence-corrected chi connectivity index (χ4v) is 8.68. The number of carbonyl (C=O) groups excluding carboxylic acids is 8. The first kappa shape index (κ1) is 52.7. The molecule has 2 aliphatic heterocycles. The standard InChI is InChI=1S/C47H57N17O8S/c1-24(2)37(56-35(66)9-5-4-6-16-64-36(67)20-34(73)46(64)72)45(71)52-25(3)42(68)54-28-11-12-31(32(19-28)40-59-61-62-60-40)44(70)50-15-7-8-29(23-65)55-43(69)27-10-13-33-26(18-27)14-17-63(33)22-30-21-51-41-38(53-30)39(48)57-47(49)58-41/h10-13,18-19,21,23-25,29,34,37,73H,4-9,14-17,20,22H2,1-3H3,(H,50,70)(H,52,71)(H,54,68)(H,55,69)(H,56,66)(H,59,60,61,62)(H4,48,49,51,57,58)/t25-,29-,34?,37-/m0/s1. The number of tetrazole rings is 1. The lowest BCUT2D eigenvalue weighted by atomic mass is 10.0. The van der Waals surface area contributed by atoms with E-state index in [1.54, 1.807) is 32.2 Å². The van der Waals surface area contributed by atoms with Crippen LogP contribution in [-0.4, -0.2) is 136 Å². The van der Waals surface area contributed by atoms with Gasteiger partial charge in [0, 0.05) is 55.0 Å². The highest BCUT2D eigenvalue weighted by Crippen LogP contribution is 2.31. The average molecular weight is 1020 g/mol. The van der Waals surface area contributed by atoms with E-state index in [1.165, 1.54) is 30.0 Å². The number of benzene rings is 2. The highest BCUT2D eigenvalue weighted by atomic mass is 32.1.